The summed E-state index contributed by atoms with van der Waals surface area (Å²) in [5.41, 5.74) is -1.64. The molecule has 0 N–H and O–H groups in total. The van der Waals surface area contributed by atoms with Crippen LogP contribution in [0.3, 0.4) is 0 Å². The van der Waals surface area contributed by atoms with Gasteiger partial charge >= 0.3 is 11.8 Å². The van der Waals surface area contributed by atoms with Crippen molar-refractivity contribution >= 4 is 26.9 Å². The van der Waals surface area contributed by atoms with Crippen molar-refractivity contribution in [2.24, 2.45) is 0 Å². The van der Waals surface area contributed by atoms with Crippen molar-refractivity contribution in [3.8, 4) is 5.75 Å². The summed E-state index contributed by atoms with van der Waals surface area (Å²) in [7, 11) is 0. The van der Waals surface area contributed by atoms with Crippen LogP contribution in [0.1, 0.15) is 11.3 Å². The first-order valence-corrected chi connectivity index (χ1v) is 7.50. The van der Waals surface area contributed by atoms with Crippen molar-refractivity contribution in [1.82, 2.24) is 4.98 Å². The number of hydrogen-bond donors (Lipinski definition) is 0. The molecule has 3 aromatic rings. The number of ether oxygens (including phenoxy) is 1. The number of alkyl halides is 3. The first kappa shape index (κ1) is 16.5. The van der Waals surface area contributed by atoms with Gasteiger partial charge in [0.1, 0.15) is 17.9 Å². The lowest BCUT2D eigenvalue weighted by Gasteiger charge is -2.10. The van der Waals surface area contributed by atoms with Crippen LogP contribution in [0.15, 0.2) is 56.3 Å². The van der Waals surface area contributed by atoms with Crippen molar-refractivity contribution in [3.63, 3.8) is 0 Å². The van der Waals surface area contributed by atoms with E-state index in [2.05, 4.69) is 20.9 Å². The van der Waals surface area contributed by atoms with E-state index in [9.17, 15) is 18.0 Å². The Kier molecular flexibility index (Phi) is 4.31. The van der Waals surface area contributed by atoms with E-state index in [1.54, 1.807) is 18.3 Å². The summed E-state index contributed by atoms with van der Waals surface area (Å²) in [6.45, 7) is 0.127. The van der Waals surface area contributed by atoms with Crippen molar-refractivity contribution in [2.45, 2.75) is 12.8 Å². The molecule has 2 aromatic heterocycles. The van der Waals surface area contributed by atoms with Gasteiger partial charge in [-0.15, -0.1) is 0 Å². The zero-order chi connectivity index (χ0) is 17.3. The molecule has 0 unspecified atom stereocenters. The predicted molar refractivity (Wildman–Crippen MR) is 83.8 cm³/mol. The van der Waals surface area contributed by atoms with Crippen molar-refractivity contribution < 1.29 is 22.3 Å². The van der Waals surface area contributed by atoms with Crippen LogP contribution in [-0.2, 0) is 12.8 Å². The average Bonchev–Trinajstić information content (AvgIpc) is 2.52. The molecule has 3 rings (SSSR count). The van der Waals surface area contributed by atoms with Gasteiger partial charge in [-0.25, -0.2) is 4.79 Å². The fraction of sp³-hybridized carbons (Fsp3) is 0.125. The smallest absolute Gasteiger partial charge is 0.417 e. The fourth-order valence-corrected chi connectivity index (χ4v) is 2.35. The number of pyridine rings is 1. The average molecular weight is 400 g/mol. The van der Waals surface area contributed by atoms with Crippen LogP contribution in [0.5, 0.6) is 5.75 Å². The summed E-state index contributed by atoms with van der Waals surface area (Å²) in [5, 5.41) is -0.198. The SMILES string of the molecule is O=c1cc(C(F)(F)F)c2ccc(OCc3ccc(Br)cn3)cc2o1. The molecule has 0 spiro atoms. The summed E-state index contributed by atoms with van der Waals surface area (Å²) in [6, 6.07) is 7.83. The van der Waals surface area contributed by atoms with Gasteiger partial charge in [0.25, 0.3) is 0 Å². The first-order chi connectivity index (χ1) is 11.3. The molecule has 124 valence electrons. The fourth-order valence-electron chi connectivity index (χ4n) is 2.12. The van der Waals surface area contributed by atoms with Crippen LogP contribution in [0.4, 0.5) is 13.2 Å². The standard InChI is InChI=1S/C16H9BrF3NO3/c17-9-1-2-10(21-7-9)8-23-11-3-4-12-13(16(18,19)20)6-15(22)24-14(12)5-11/h1-7H,8H2. The van der Waals surface area contributed by atoms with Crippen LogP contribution in [0, 0.1) is 0 Å². The number of hydrogen-bond acceptors (Lipinski definition) is 4. The van der Waals surface area contributed by atoms with Crippen LogP contribution in [0.2, 0.25) is 0 Å². The lowest BCUT2D eigenvalue weighted by molar-refractivity contribution is -0.136. The third-order valence-corrected chi connectivity index (χ3v) is 3.67. The lowest BCUT2D eigenvalue weighted by atomic mass is 10.1. The molecule has 0 aliphatic heterocycles. The second-order valence-electron chi connectivity index (χ2n) is 4.89. The van der Waals surface area contributed by atoms with Gasteiger partial charge in [-0.3, -0.25) is 4.98 Å². The number of fused-ring (bicyclic) bond motifs is 1. The monoisotopic (exact) mass is 399 g/mol. The summed E-state index contributed by atoms with van der Waals surface area (Å²) < 4.78 is 50.1. The van der Waals surface area contributed by atoms with E-state index < -0.39 is 17.4 Å². The van der Waals surface area contributed by atoms with Gasteiger partial charge in [0, 0.05) is 28.2 Å². The van der Waals surface area contributed by atoms with Crippen LogP contribution in [-0.4, -0.2) is 4.98 Å². The topological polar surface area (TPSA) is 52.3 Å². The highest BCUT2D eigenvalue weighted by Gasteiger charge is 2.33. The lowest BCUT2D eigenvalue weighted by Crippen LogP contribution is -2.11. The third-order valence-electron chi connectivity index (χ3n) is 3.20. The number of rotatable bonds is 3. The van der Waals surface area contributed by atoms with E-state index in [0.29, 0.717) is 11.8 Å². The Morgan fingerprint density at radius 3 is 2.62 bits per heavy atom. The molecule has 0 radical (unpaired) electrons. The summed E-state index contributed by atoms with van der Waals surface area (Å²) in [6.07, 6.45) is -3.04. The highest BCUT2D eigenvalue weighted by molar-refractivity contribution is 9.10. The molecule has 0 amide bonds. The Morgan fingerprint density at radius 2 is 1.96 bits per heavy atom. The highest BCUT2D eigenvalue weighted by atomic mass is 79.9. The van der Waals surface area contributed by atoms with Gasteiger partial charge in [-0.05, 0) is 40.2 Å². The molecule has 0 saturated heterocycles. The van der Waals surface area contributed by atoms with Gasteiger partial charge in [-0.2, -0.15) is 13.2 Å². The Bertz CT molecular complexity index is 936. The third kappa shape index (κ3) is 3.59. The number of halogens is 4. The molecule has 0 aliphatic rings. The highest BCUT2D eigenvalue weighted by Crippen LogP contribution is 2.34. The van der Waals surface area contributed by atoms with Gasteiger partial charge in [0.2, 0.25) is 0 Å². The van der Waals surface area contributed by atoms with E-state index in [1.165, 1.54) is 18.2 Å². The predicted octanol–water partition coefficient (Wildman–Crippen LogP) is 4.55. The van der Waals surface area contributed by atoms with Gasteiger partial charge in [0.05, 0.1) is 11.3 Å². The van der Waals surface area contributed by atoms with Crippen LogP contribution < -0.4 is 10.4 Å². The largest absolute Gasteiger partial charge is 0.487 e. The zero-order valence-electron chi connectivity index (χ0n) is 11.9. The minimum Gasteiger partial charge on any atom is -0.487 e. The van der Waals surface area contributed by atoms with Gasteiger partial charge in [-0.1, -0.05) is 0 Å². The Hall–Kier alpha value is -2.35. The molecule has 0 fully saturated rings. The molecule has 0 aliphatic carbocycles. The van der Waals surface area contributed by atoms with E-state index >= 15 is 0 Å². The van der Waals surface area contributed by atoms with Crippen molar-refractivity contribution in [2.75, 3.05) is 0 Å². The summed E-state index contributed by atoms with van der Waals surface area (Å²) in [5.74, 6) is 0.273. The van der Waals surface area contributed by atoms with Gasteiger partial charge in [0.15, 0.2) is 0 Å². The molecule has 4 nitrogen and oxygen atoms in total. The maximum Gasteiger partial charge on any atom is 0.417 e. The van der Waals surface area contributed by atoms with Crippen molar-refractivity contribution in [3.05, 3.63) is 68.7 Å². The molecule has 0 atom stereocenters. The number of benzene rings is 1. The zero-order valence-corrected chi connectivity index (χ0v) is 13.5. The van der Waals surface area contributed by atoms with Gasteiger partial charge < -0.3 is 9.15 Å². The minimum absolute atomic E-state index is 0.127. The van der Waals surface area contributed by atoms with Crippen LogP contribution >= 0.6 is 15.9 Å². The molecule has 1 aromatic carbocycles. The molecule has 24 heavy (non-hydrogen) atoms. The summed E-state index contributed by atoms with van der Waals surface area (Å²) >= 11 is 3.26. The van der Waals surface area contributed by atoms with E-state index in [4.69, 9.17) is 9.15 Å². The van der Waals surface area contributed by atoms with E-state index in [0.717, 1.165) is 4.47 Å². The minimum atomic E-state index is -4.64. The maximum absolute atomic E-state index is 13.0. The second-order valence-corrected chi connectivity index (χ2v) is 5.81. The van der Waals surface area contributed by atoms with E-state index in [-0.39, 0.29) is 23.3 Å². The maximum atomic E-state index is 13.0. The van der Waals surface area contributed by atoms with Crippen LogP contribution in [0.25, 0.3) is 11.0 Å². The molecule has 8 heteroatoms. The number of aromatic nitrogens is 1. The molecular formula is C16H9BrF3NO3. The summed E-state index contributed by atoms with van der Waals surface area (Å²) in [4.78, 5) is 15.5. The normalized spacial score (nSPS) is 11.7. The Morgan fingerprint density at radius 1 is 1.17 bits per heavy atom. The van der Waals surface area contributed by atoms with E-state index in [1.807, 2.05) is 0 Å². The molecule has 0 saturated carbocycles. The second kappa shape index (κ2) is 6.27. The Balaban J connectivity index is 1.91. The van der Waals surface area contributed by atoms with Crippen molar-refractivity contribution in [1.29, 1.82) is 0 Å². The quantitative estimate of drug-likeness (QED) is 0.606. The molecule has 0 bridgehead atoms. The first-order valence-electron chi connectivity index (χ1n) is 6.71. The molecule has 2 heterocycles. The number of nitrogens with zero attached hydrogens (tertiary/aromatic N) is 1. The Labute approximate surface area is 142 Å². The molecular weight excluding hydrogens is 391 g/mol.